The standard InChI is InChI=1S/C25H24N6OS.C22H15N7OS.C22H15N7S.C19H14N8O2S/c1-32-20-4-2-3-17(14-20)16-7-10-31(11-8-16)25-28-22-9-12-33-23(22)24(29-25)27-19-5-6-21-18(13-19)15-26-30-21;1-2-13(19-11-23-12-30-19)8-15(3-1)26-22-27-18-6-7-31-20(18)21(28-22)25-16-4-5-17-14(9-16)10-24-29-17;1-2-4-16-13(3-1)5-8-19(25-16)27-22-26-18-9-10-30-20(18)21(28-22)24-15-6-7-17-14(11-15)12-23-29-17;1-10-6-16(20-9-15(10)27(28)29)24-19-23-14-4-5-30-17(14)18(25-19)22-12-2-3-13-11(7-12)8-21-26-13/h2-6,9,12-16H,7-8,10-11H2,1H3,(H,26,30)(H,27,28,29);1-12H,(H,24,29)(H2,25,26,27,28);1-12H,(H,23,29)(H2,24,25,26,27,28);2-9H,1H3,(H,21,26)(H2,20,22,23,24,25). The van der Waals surface area contributed by atoms with Crippen LogP contribution in [0, 0.1) is 17.0 Å². The molecule has 0 saturated carbocycles. The highest BCUT2D eigenvalue weighted by Crippen LogP contribution is 2.39. The molecule has 1 saturated heterocycles. The number of rotatable bonds is 19. The van der Waals surface area contributed by atoms with E-state index >= 15 is 0 Å². The number of aryl methyl sites for hydroxylation is 1. The van der Waals surface area contributed by atoms with Crippen LogP contribution in [0.4, 0.5) is 92.8 Å². The summed E-state index contributed by atoms with van der Waals surface area (Å²) in [6.45, 7) is 3.52. The third-order valence-corrected chi connectivity index (χ3v) is 24.2. The van der Waals surface area contributed by atoms with E-state index in [0.717, 1.165) is 184 Å². The molecule has 124 heavy (non-hydrogen) atoms. The molecular weight excluding hydrogens is 1640 g/mol. The van der Waals surface area contributed by atoms with Crippen molar-refractivity contribution in [2.24, 2.45) is 0 Å². The number of H-pyrrole nitrogens is 4. The number of oxazole rings is 1. The van der Waals surface area contributed by atoms with Gasteiger partial charge in [-0.3, -0.25) is 30.5 Å². The molecule has 0 spiro atoms. The minimum atomic E-state index is -0.459. The van der Waals surface area contributed by atoms with Gasteiger partial charge in [0.1, 0.15) is 23.6 Å². The number of hydrogen-bond acceptors (Lipinski definition) is 31. The fraction of sp³-hybridized carbons (Fsp3) is 0.0795. The predicted molar refractivity (Wildman–Crippen MR) is 494 cm³/mol. The Bertz CT molecular complexity index is 7640. The average Bonchev–Trinajstić information content (AvgIpc) is 1.60. The van der Waals surface area contributed by atoms with Crippen LogP contribution in [0.15, 0.2) is 258 Å². The highest BCUT2D eigenvalue weighted by molar-refractivity contribution is 7.18. The number of aromatic nitrogens is 19. The van der Waals surface area contributed by atoms with E-state index in [9.17, 15) is 10.1 Å². The third-order valence-electron chi connectivity index (χ3n) is 20.6. The van der Waals surface area contributed by atoms with Crippen molar-refractivity contribution in [1.29, 1.82) is 0 Å². The number of ether oxygens (including phenoxy) is 1. The van der Waals surface area contributed by atoms with E-state index in [1.807, 2.05) is 174 Å². The number of fused-ring (bicyclic) bond motifs is 9. The smallest absolute Gasteiger partial charge is 0.290 e. The Hall–Kier alpha value is -16.1. The summed E-state index contributed by atoms with van der Waals surface area (Å²) in [6, 6.07) is 61.9. The molecule has 0 radical (unpaired) electrons. The van der Waals surface area contributed by atoms with Gasteiger partial charge in [-0.1, -0.05) is 42.5 Å². The van der Waals surface area contributed by atoms with Gasteiger partial charge in [0, 0.05) is 79.6 Å². The quantitative estimate of drug-likeness (QED) is 0.0264. The molecule has 0 aliphatic carbocycles. The SMILES string of the molecule is COc1cccc(C2CCN(c3nc(Nc4ccc5[nH]ncc5c4)c4sccc4n3)CC2)c1.Cc1cc(Nc2nc(Nc3ccc4[nH]ncc4c3)c3sccc3n2)ncc1[N+](=O)[O-].c1cc(Nc2nc(Nc3ccc4[nH]ncc4c3)c3sccc3n2)cc(-c2cnco2)c1.c1ccc2nc(Nc3nc(Nc4ccc5[nH]ncc5c4)c4sccc4n3)ccc2c1. The third kappa shape index (κ3) is 16.8. The summed E-state index contributed by atoms with van der Waals surface area (Å²) in [5, 5.41) is 75.7. The number of hydrogen-bond donors (Lipinski definition) is 11. The van der Waals surface area contributed by atoms with Gasteiger partial charge in [-0.15, -0.1) is 45.3 Å². The van der Waals surface area contributed by atoms with Crippen LogP contribution in [0.25, 0.3) is 107 Å². The number of methoxy groups -OCH3 is 1. The summed E-state index contributed by atoms with van der Waals surface area (Å²) in [5.74, 6) is 8.42. The maximum atomic E-state index is 11.0. The number of pyridine rings is 2. The van der Waals surface area contributed by atoms with Gasteiger partial charge in [-0.2, -0.15) is 40.3 Å². The molecule has 1 aliphatic heterocycles. The van der Waals surface area contributed by atoms with Gasteiger partial charge in [0.05, 0.1) is 111 Å². The van der Waals surface area contributed by atoms with Crippen molar-refractivity contribution >= 4 is 234 Å². The van der Waals surface area contributed by atoms with Gasteiger partial charge < -0.3 is 51.3 Å². The number of nitrogens with zero attached hydrogens (tertiary/aromatic N) is 17. The van der Waals surface area contributed by atoms with Gasteiger partial charge in [-0.05, 0) is 198 Å². The molecule has 32 nitrogen and oxygen atoms in total. The molecule has 22 aromatic rings. The first kappa shape index (κ1) is 76.6. The predicted octanol–water partition coefficient (Wildman–Crippen LogP) is 21.7. The van der Waals surface area contributed by atoms with Crippen LogP contribution in [-0.4, -0.2) is 121 Å². The zero-order chi connectivity index (χ0) is 83.4. The van der Waals surface area contributed by atoms with Crippen molar-refractivity contribution in [3.63, 3.8) is 0 Å². The van der Waals surface area contributed by atoms with E-state index in [4.69, 9.17) is 29.1 Å². The summed E-state index contributed by atoms with van der Waals surface area (Å²) < 4.78 is 14.8. The van der Waals surface area contributed by atoms with Crippen molar-refractivity contribution in [1.82, 2.24) is 95.6 Å². The Morgan fingerprint density at radius 1 is 0.435 bits per heavy atom. The topological polar surface area (TPSA) is 409 Å². The number of para-hydroxylation sites is 1. The molecule has 0 bridgehead atoms. The first-order valence-electron chi connectivity index (χ1n) is 38.9. The molecule has 1 fully saturated rings. The molecular formula is C88H68N28O4S4. The minimum Gasteiger partial charge on any atom is -0.497 e. The Labute approximate surface area is 718 Å². The second-order valence-corrected chi connectivity index (χ2v) is 32.3. The fourth-order valence-electron chi connectivity index (χ4n) is 14.4. The van der Waals surface area contributed by atoms with Crippen molar-refractivity contribution in [2.75, 3.05) is 62.3 Å². The Morgan fingerprint density at radius 3 is 1.42 bits per heavy atom. The molecule has 0 amide bonds. The van der Waals surface area contributed by atoms with Crippen LogP contribution < -0.4 is 46.9 Å². The molecule has 16 heterocycles. The maximum Gasteiger partial charge on any atom is 0.290 e. The zero-order valence-electron chi connectivity index (χ0n) is 65.5. The van der Waals surface area contributed by atoms with E-state index in [1.54, 1.807) is 78.9 Å². The number of benzene rings is 7. The summed E-state index contributed by atoms with van der Waals surface area (Å²) in [4.78, 5) is 63.3. The number of nitrogens with one attached hydrogen (secondary N) is 11. The van der Waals surface area contributed by atoms with Gasteiger partial charge in [0.2, 0.25) is 23.8 Å². The monoisotopic (exact) mass is 1710 g/mol. The summed E-state index contributed by atoms with van der Waals surface area (Å²) in [6.07, 6.45) is 13.7. The van der Waals surface area contributed by atoms with Gasteiger partial charge >= 0.3 is 0 Å². The average molecular weight is 1710 g/mol. The van der Waals surface area contributed by atoms with E-state index in [1.165, 1.54) is 29.5 Å². The lowest BCUT2D eigenvalue weighted by Crippen LogP contribution is -2.34. The molecule has 23 rings (SSSR count). The summed E-state index contributed by atoms with van der Waals surface area (Å²) in [5.41, 5.74) is 15.7. The molecule has 36 heteroatoms. The Morgan fingerprint density at radius 2 is 0.919 bits per heavy atom. The second-order valence-electron chi connectivity index (χ2n) is 28.6. The van der Waals surface area contributed by atoms with Gasteiger partial charge in [0.15, 0.2) is 35.4 Å². The number of anilines is 15. The number of aromatic amines is 4. The summed E-state index contributed by atoms with van der Waals surface area (Å²) in [7, 11) is 1.72. The highest BCUT2D eigenvalue weighted by atomic mass is 32.1. The van der Waals surface area contributed by atoms with E-state index in [2.05, 4.69) is 154 Å². The van der Waals surface area contributed by atoms with Crippen molar-refractivity contribution in [2.45, 2.75) is 25.7 Å². The van der Waals surface area contributed by atoms with Crippen LogP contribution in [0.1, 0.15) is 29.9 Å². The molecule has 608 valence electrons. The lowest BCUT2D eigenvalue weighted by molar-refractivity contribution is -0.385. The highest BCUT2D eigenvalue weighted by Gasteiger charge is 2.25. The molecule has 7 aromatic carbocycles. The number of nitro groups is 1. The fourth-order valence-corrected chi connectivity index (χ4v) is 17.5. The lowest BCUT2D eigenvalue weighted by Gasteiger charge is -2.32. The van der Waals surface area contributed by atoms with Crippen LogP contribution in [0.3, 0.4) is 0 Å². The van der Waals surface area contributed by atoms with E-state index in [0.29, 0.717) is 52.5 Å². The summed E-state index contributed by atoms with van der Waals surface area (Å²) >= 11 is 6.40. The number of thiophene rings is 4. The van der Waals surface area contributed by atoms with Gasteiger partial charge in [0.25, 0.3) is 5.69 Å². The van der Waals surface area contributed by atoms with E-state index < -0.39 is 4.92 Å². The normalized spacial score (nSPS) is 12.2. The van der Waals surface area contributed by atoms with Crippen molar-refractivity contribution in [3.05, 3.63) is 274 Å². The van der Waals surface area contributed by atoms with Crippen LogP contribution in [0.2, 0.25) is 0 Å². The largest absolute Gasteiger partial charge is 0.497 e. The van der Waals surface area contributed by atoms with E-state index in [-0.39, 0.29) is 5.69 Å². The molecule has 11 N–H and O–H groups in total. The molecule has 1 aliphatic rings. The van der Waals surface area contributed by atoms with Crippen LogP contribution in [0.5, 0.6) is 5.75 Å². The number of piperidine rings is 1. The Kier molecular flexibility index (Phi) is 21.0. The molecule has 15 aromatic heterocycles. The second kappa shape index (κ2) is 34.0. The minimum absolute atomic E-state index is 0.0354. The van der Waals surface area contributed by atoms with Gasteiger partial charge in [-0.25, -0.2) is 34.9 Å². The van der Waals surface area contributed by atoms with Crippen molar-refractivity contribution in [3.8, 4) is 17.1 Å². The van der Waals surface area contributed by atoms with Crippen LogP contribution in [-0.2, 0) is 0 Å². The Balaban J connectivity index is 0.000000105. The first-order chi connectivity index (χ1) is 61.0. The zero-order valence-corrected chi connectivity index (χ0v) is 68.8. The van der Waals surface area contributed by atoms with Crippen molar-refractivity contribution < 1.29 is 14.1 Å². The van der Waals surface area contributed by atoms with Crippen LogP contribution >= 0.6 is 45.3 Å². The molecule has 0 atom stereocenters. The molecule has 0 unspecified atom stereocenters. The maximum absolute atomic E-state index is 11.0. The first-order valence-corrected chi connectivity index (χ1v) is 42.5. The lowest BCUT2D eigenvalue weighted by atomic mass is 9.89.